The number of nitrogens with zero attached hydrogens (tertiary/aromatic N) is 1. The van der Waals surface area contributed by atoms with Gasteiger partial charge in [-0.3, -0.25) is 4.79 Å². The summed E-state index contributed by atoms with van der Waals surface area (Å²) in [6.45, 7) is 8.94. The fraction of sp³-hybridized carbons (Fsp3) is 0.316. The zero-order valence-electron chi connectivity index (χ0n) is 14.4. The lowest BCUT2D eigenvalue weighted by Gasteiger charge is -2.15. The predicted octanol–water partition coefficient (Wildman–Crippen LogP) is 3.20. The van der Waals surface area contributed by atoms with Crippen LogP contribution in [-0.2, 0) is 6.54 Å². The van der Waals surface area contributed by atoms with Crippen LogP contribution in [0.25, 0.3) is 0 Å². The fourth-order valence-electron chi connectivity index (χ4n) is 2.20. The van der Waals surface area contributed by atoms with Crippen molar-refractivity contribution in [2.24, 2.45) is 0 Å². The number of hydrogen-bond donors (Lipinski definition) is 0. The van der Waals surface area contributed by atoms with Crippen molar-refractivity contribution in [1.82, 2.24) is 4.57 Å². The smallest absolute Gasteiger partial charge is 0.223 e. The summed E-state index contributed by atoms with van der Waals surface area (Å²) in [5.41, 5.74) is 1.52. The highest BCUT2D eigenvalue weighted by Gasteiger charge is 2.09. The molecule has 128 valence electrons. The molecule has 0 radical (unpaired) electrons. The molecule has 0 saturated carbocycles. The molecule has 0 N–H and O–H groups in total. The van der Waals surface area contributed by atoms with E-state index in [1.165, 1.54) is 6.07 Å². The van der Waals surface area contributed by atoms with Crippen LogP contribution in [0.2, 0.25) is 0 Å². The fourth-order valence-corrected chi connectivity index (χ4v) is 2.20. The zero-order valence-corrected chi connectivity index (χ0v) is 14.4. The van der Waals surface area contributed by atoms with E-state index in [0.717, 1.165) is 22.8 Å². The molecule has 24 heavy (non-hydrogen) atoms. The van der Waals surface area contributed by atoms with E-state index in [4.69, 9.17) is 14.2 Å². The first kappa shape index (κ1) is 17.7. The maximum absolute atomic E-state index is 11.9. The normalized spacial score (nSPS) is 10.3. The first-order chi connectivity index (χ1) is 11.5. The van der Waals surface area contributed by atoms with Crippen LogP contribution < -0.4 is 19.6 Å². The molecule has 5 nitrogen and oxygen atoms in total. The van der Waals surface area contributed by atoms with Gasteiger partial charge in [-0.15, -0.1) is 0 Å². The minimum atomic E-state index is -0.124. The largest absolute Gasteiger partial charge is 0.497 e. The second-order valence-corrected chi connectivity index (χ2v) is 5.56. The summed E-state index contributed by atoms with van der Waals surface area (Å²) in [6.07, 6.45) is 1.75. The Morgan fingerprint density at radius 1 is 1.12 bits per heavy atom. The molecular weight excluding hydrogens is 306 g/mol. The van der Waals surface area contributed by atoms with Crippen LogP contribution in [0.1, 0.15) is 12.6 Å². The number of hydrogen-bond acceptors (Lipinski definition) is 4. The number of rotatable bonds is 8. The van der Waals surface area contributed by atoms with Crippen LogP contribution in [0.15, 0.2) is 53.5 Å². The lowest BCUT2D eigenvalue weighted by atomic mass is 10.3. The average Bonchev–Trinajstić information content (AvgIpc) is 2.57. The Kier molecular flexibility index (Phi) is 6.07. The lowest BCUT2D eigenvalue weighted by Crippen LogP contribution is -2.18. The van der Waals surface area contributed by atoms with Crippen molar-refractivity contribution in [3.8, 4) is 17.2 Å². The number of benzene rings is 1. The summed E-state index contributed by atoms with van der Waals surface area (Å²) in [6, 6.07) is 8.93. The third-order valence-electron chi connectivity index (χ3n) is 3.51. The third kappa shape index (κ3) is 4.65. The van der Waals surface area contributed by atoms with Gasteiger partial charge in [0.05, 0.1) is 19.3 Å². The van der Waals surface area contributed by atoms with E-state index in [-0.39, 0.29) is 5.43 Å². The van der Waals surface area contributed by atoms with Crippen LogP contribution in [0.4, 0.5) is 0 Å². The molecule has 0 aliphatic carbocycles. The maximum Gasteiger partial charge on any atom is 0.223 e. The summed E-state index contributed by atoms with van der Waals surface area (Å²) in [5.74, 6) is 1.93. The minimum Gasteiger partial charge on any atom is -0.497 e. The van der Waals surface area contributed by atoms with E-state index < -0.39 is 0 Å². The Labute approximate surface area is 142 Å². The first-order valence-corrected chi connectivity index (χ1v) is 7.75. The van der Waals surface area contributed by atoms with E-state index in [1.807, 2.05) is 42.7 Å². The quantitative estimate of drug-likeness (QED) is 0.698. The molecule has 0 amide bonds. The molecular formula is C19H23NO4. The summed E-state index contributed by atoms with van der Waals surface area (Å²) >= 11 is 0. The van der Waals surface area contributed by atoms with Gasteiger partial charge in [0.25, 0.3) is 0 Å². The molecule has 1 aromatic heterocycles. The van der Waals surface area contributed by atoms with Crippen molar-refractivity contribution in [1.29, 1.82) is 0 Å². The number of aromatic nitrogens is 1. The SMILES string of the molecule is C=C(C)COc1c(C)n(CCOc2ccc(OC)cc2)ccc1=O. The van der Waals surface area contributed by atoms with Gasteiger partial charge in [0.1, 0.15) is 24.7 Å². The van der Waals surface area contributed by atoms with Crippen molar-refractivity contribution in [3.05, 3.63) is 64.6 Å². The Morgan fingerprint density at radius 3 is 2.42 bits per heavy atom. The molecule has 0 unspecified atom stereocenters. The number of pyridine rings is 1. The molecule has 1 aromatic carbocycles. The second-order valence-electron chi connectivity index (χ2n) is 5.56. The van der Waals surface area contributed by atoms with E-state index in [9.17, 15) is 4.79 Å². The molecule has 5 heteroatoms. The molecule has 2 aromatic rings. The Morgan fingerprint density at radius 2 is 1.79 bits per heavy atom. The highest BCUT2D eigenvalue weighted by atomic mass is 16.5. The molecule has 0 atom stereocenters. The van der Waals surface area contributed by atoms with Gasteiger partial charge in [0, 0.05) is 12.3 Å². The summed E-state index contributed by atoms with van der Waals surface area (Å²) in [5, 5.41) is 0. The molecule has 0 saturated heterocycles. The van der Waals surface area contributed by atoms with Crippen LogP contribution in [0, 0.1) is 6.92 Å². The van der Waals surface area contributed by atoms with Crippen LogP contribution in [-0.4, -0.2) is 24.9 Å². The molecule has 1 heterocycles. The number of ether oxygens (including phenoxy) is 3. The van der Waals surface area contributed by atoms with Gasteiger partial charge < -0.3 is 18.8 Å². The van der Waals surface area contributed by atoms with Gasteiger partial charge in [-0.2, -0.15) is 0 Å². The highest BCUT2D eigenvalue weighted by Crippen LogP contribution is 2.17. The third-order valence-corrected chi connectivity index (χ3v) is 3.51. The molecule has 0 bridgehead atoms. The van der Waals surface area contributed by atoms with Crippen molar-refractivity contribution in [2.45, 2.75) is 20.4 Å². The van der Waals surface area contributed by atoms with Gasteiger partial charge in [-0.25, -0.2) is 0 Å². The van der Waals surface area contributed by atoms with Crippen LogP contribution in [0.3, 0.4) is 0 Å². The van der Waals surface area contributed by atoms with Crippen molar-refractivity contribution in [2.75, 3.05) is 20.3 Å². The lowest BCUT2D eigenvalue weighted by molar-refractivity contribution is 0.292. The molecule has 0 fully saturated rings. The van der Waals surface area contributed by atoms with E-state index in [1.54, 1.807) is 13.3 Å². The molecule has 0 spiro atoms. The van der Waals surface area contributed by atoms with E-state index >= 15 is 0 Å². The maximum atomic E-state index is 11.9. The van der Waals surface area contributed by atoms with Gasteiger partial charge in [0.2, 0.25) is 5.43 Å². The Balaban J connectivity index is 2.00. The minimum absolute atomic E-state index is 0.124. The van der Waals surface area contributed by atoms with Crippen molar-refractivity contribution in [3.63, 3.8) is 0 Å². The average molecular weight is 329 g/mol. The summed E-state index contributed by atoms with van der Waals surface area (Å²) in [7, 11) is 1.63. The highest BCUT2D eigenvalue weighted by molar-refractivity contribution is 5.31. The zero-order chi connectivity index (χ0) is 17.5. The first-order valence-electron chi connectivity index (χ1n) is 7.75. The number of methoxy groups -OCH3 is 1. The summed E-state index contributed by atoms with van der Waals surface area (Å²) < 4.78 is 18.4. The monoisotopic (exact) mass is 329 g/mol. The van der Waals surface area contributed by atoms with Crippen LogP contribution in [0.5, 0.6) is 17.2 Å². The topological polar surface area (TPSA) is 49.7 Å². The van der Waals surface area contributed by atoms with Crippen molar-refractivity contribution >= 4 is 0 Å². The van der Waals surface area contributed by atoms with Crippen molar-refractivity contribution < 1.29 is 14.2 Å². The van der Waals surface area contributed by atoms with Gasteiger partial charge in [-0.1, -0.05) is 6.58 Å². The van der Waals surface area contributed by atoms with Gasteiger partial charge >= 0.3 is 0 Å². The summed E-state index contributed by atoms with van der Waals surface area (Å²) in [4.78, 5) is 11.9. The Bertz CT molecular complexity index is 747. The van der Waals surface area contributed by atoms with Gasteiger partial charge in [0.15, 0.2) is 5.75 Å². The molecule has 0 aliphatic heterocycles. The Hall–Kier alpha value is -2.69. The molecule has 0 aliphatic rings. The predicted molar refractivity (Wildman–Crippen MR) is 94.2 cm³/mol. The van der Waals surface area contributed by atoms with Gasteiger partial charge in [-0.05, 0) is 43.7 Å². The standard InChI is InChI=1S/C19H23NO4/c1-14(2)13-24-19-15(3)20(10-9-18(19)21)11-12-23-17-7-5-16(22-4)6-8-17/h5-10H,1,11-13H2,2-4H3. The molecule has 2 rings (SSSR count). The van der Waals surface area contributed by atoms with E-state index in [0.29, 0.717) is 25.5 Å². The van der Waals surface area contributed by atoms with E-state index in [2.05, 4.69) is 6.58 Å². The van der Waals surface area contributed by atoms with Crippen LogP contribution >= 0.6 is 0 Å². The second kappa shape index (κ2) is 8.24.